The Morgan fingerprint density at radius 2 is 1.94 bits per heavy atom. The highest BCUT2D eigenvalue weighted by Gasteiger charge is 2.46. The van der Waals surface area contributed by atoms with Gasteiger partial charge in [-0.25, -0.2) is 4.98 Å². The number of benzene rings is 1. The van der Waals surface area contributed by atoms with Gasteiger partial charge in [-0.3, -0.25) is 4.79 Å². The maximum atomic E-state index is 13.2. The summed E-state index contributed by atoms with van der Waals surface area (Å²) in [6.07, 6.45) is 9.91. The van der Waals surface area contributed by atoms with Crippen LogP contribution in [0.1, 0.15) is 60.9 Å². The van der Waals surface area contributed by atoms with E-state index in [-0.39, 0.29) is 11.9 Å². The van der Waals surface area contributed by atoms with E-state index in [4.69, 9.17) is 21.3 Å². The molecule has 1 aliphatic heterocycles. The number of piperidine rings is 1. The molecule has 2 heterocycles. The first-order chi connectivity index (χ1) is 16.1. The Hall–Kier alpha value is -2.54. The van der Waals surface area contributed by atoms with E-state index in [1.807, 2.05) is 18.2 Å². The van der Waals surface area contributed by atoms with Crippen molar-refractivity contribution in [2.75, 3.05) is 30.4 Å². The zero-order valence-corrected chi connectivity index (χ0v) is 19.9. The van der Waals surface area contributed by atoms with Crippen molar-refractivity contribution < 1.29 is 9.53 Å². The van der Waals surface area contributed by atoms with E-state index in [2.05, 4.69) is 20.5 Å². The van der Waals surface area contributed by atoms with Gasteiger partial charge in [0.2, 0.25) is 5.95 Å². The Morgan fingerprint density at radius 3 is 2.64 bits per heavy atom. The van der Waals surface area contributed by atoms with Gasteiger partial charge in [0.25, 0.3) is 5.91 Å². The van der Waals surface area contributed by atoms with Crippen LogP contribution >= 0.6 is 11.6 Å². The van der Waals surface area contributed by atoms with Gasteiger partial charge in [0, 0.05) is 31.9 Å². The van der Waals surface area contributed by atoms with E-state index in [1.165, 1.54) is 32.1 Å². The molecule has 3 fully saturated rings. The number of hydrogen-bond donors (Lipinski definition) is 2. The van der Waals surface area contributed by atoms with Gasteiger partial charge < -0.3 is 20.3 Å². The Kier molecular flexibility index (Phi) is 6.58. The van der Waals surface area contributed by atoms with Crippen LogP contribution in [0.4, 0.5) is 11.8 Å². The van der Waals surface area contributed by atoms with Gasteiger partial charge in [-0.2, -0.15) is 4.98 Å². The number of halogens is 1. The molecule has 1 saturated heterocycles. The normalized spacial score (nSPS) is 22.4. The molecule has 0 radical (unpaired) electrons. The van der Waals surface area contributed by atoms with Crippen molar-refractivity contribution in [2.24, 2.45) is 11.8 Å². The summed E-state index contributed by atoms with van der Waals surface area (Å²) in [5.41, 5.74) is 1.48. The Labute approximate surface area is 200 Å². The topological polar surface area (TPSA) is 79.4 Å². The molecule has 2 atom stereocenters. The minimum Gasteiger partial charge on any atom is -0.495 e. The van der Waals surface area contributed by atoms with E-state index in [1.54, 1.807) is 13.3 Å². The van der Waals surface area contributed by atoms with Gasteiger partial charge in [0.1, 0.15) is 17.1 Å². The summed E-state index contributed by atoms with van der Waals surface area (Å²) < 4.78 is 5.25. The molecular formula is C25H32ClN5O2. The van der Waals surface area contributed by atoms with Crippen molar-refractivity contribution in [3.8, 4) is 5.75 Å². The van der Waals surface area contributed by atoms with E-state index in [9.17, 15) is 4.79 Å². The second-order valence-electron chi connectivity index (χ2n) is 9.58. The number of carbonyl (C=O) groups is 1. The molecule has 176 valence electrons. The molecule has 2 aliphatic carbocycles. The molecule has 1 aromatic heterocycles. The zero-order chi connectivity index (χ0) is 22.8. The van der Waals surface area contributed by atoms with Crippen molar-refractivity contribution >= 4 is 29.3 Å². The Balaban J connectivity index is 1.34. The first kappa shape index (κ1) is 22.3. The molecule has 2 aromatic rings. The number of carbonyl (C=O) groups excluding carboxylic acids is 1. The number of anilines is 2. The number of nitrogens with zero attached hydrogens (tertiary/aromatic N) is 3. The molecule has 7 nitrogen and oxygen atoms in total. The number of ether oxygens (including phenoxy) is 1. The second kappa shape index (κ2) is 9.75. The van der Waals surface area contributed by atoms with Crippen LogP contribution in [0.2, 0.25) is 5.02 Å². The van der Waals surface area contributed by atoms with Crippen LogP contribution < -0.4 is 20.3 Å². The van der Waals surface area contributed by atoms with E-state index >= 15 is 0 Å². The maximum absolute atomic E-state index is 13.2. The lowest BCUT2D eigenvalue weighted by Crippen LogP contribution is -2.35. The van der Waals surface area contributed by atoms with E-state index < -0.39 is 0 Å². The number of amides is 1. The van der Waals surface area contributed by atoms with Crippen LogP contribution in [0, 0.1) is 11.8 Å². The second-order valence-corrected chi connectivity index (χ2v) is 9.98. The fraction of sp³-hybridized carbons (Fsp3) is 0.560. The molecule has 3 aliphatic rings. The predicted molar refractivity (Wildman–Crippen MR) is 130 cm³/mol. The summed E-state index contributed by atoms with van der Waals surface area (Å²) in [6, 6.07) is 5.90. The molecule has 33 heavy (non-hydrogen) atoms. The van der Waals surface area contributed by atoms with Crippen molar-refractivity contribution in [1.82, 2.24) is 15.3 Å². The first-order valence-corrected chi connectivity index (χ1v) is 12.5. The molecular weight excluding hydrogens is 438 g/mol. The lowest BCUT2D eigenvalue weighted by atomic mass is 10.1. The molecule has 2 N–H and O–H groups in total. The first-order valence-electron chi connectivity index (χ1n) is 12.1. The third-order valence-corrected chi connectivity index (χ3v) is 7.44. The van der Waals surface area contributed by atoms with Gasteiger partial charge in [-0.15, -0.1) is 0 Å². The van der Waals surface area contributed by atoms with Gasteiger partial charge in [-0.1, -0.05) is 43.4 Å². The third-order valence-electron chi connectivity index (χ3n) is 7.15. The maximum Gasteiger partial charge on any atom is 0.256 e. The van der Waals surface area contributed by atoms with Crippen molar-refractivity contribution in [1.29, 1.82) is 0 Å². The van der Waals surface area contributed by atoms with E-state index in [0.29, 0.717) is 34.6 Å². The molecule has 0 spiro atoms. The van der Waals surface area contributed by atoms with E-state index in [0.717, 1.165) is 43.3 Å². The van der Waals surface area contributed by atoms with Crippen molar-refractivity contribution in [3.05, 3.63) is 40.5 Å². The van der Waals surface area contributed by atoms with Crippen molar-refractivity contribution in [3.63, 3.8) is 0 Å². The fourth-order valence-electron chi connectivity index (χ4n) is 5.08. The third kappa shape index (κ3) is 5.18. The minimum absolute atomic E-state index is 0.104. The monoisotopic (exact) mass is 469 g/mol. The van der Waals surface area contributed by atoms with Gasteiger partial charge in [0.05, 0.1) is 12.1 Å². The average Bonchev–Trinajstić information content (AvgIpc) is 3.52. The SMILES string of the molecule is COc1ccc(CNc2nc(N3CC4CC4C3)ncc2C(=O)NC2CCCCCC2)cc1Cl. The smallest absolute Gasteiger partial charge is 0.256 e. The highest BCUT2D eigenvalue weighted by atomic mass is 35.5. The highest BCUT2D eigenvalue weighted by Crippen LogP contribution is 2.45. The fourth-order valence-corrected chi connectivity index (χ4v) is 5.36. The van der Waals surface area contributed by atoms with Crippen LogP contribution in [0.5, 0.6) is 5.75 Å². The van der Waals surface area contributed by atoms with Crippen LogP contribution in [-0.2, 0) is 6.54 Å². The van der Waals surface area contributed by atoms with Crippen LogP contribution in [0.3, 0.4) is 0 Å². The molecule has 5 rings (SSSR count). The number of methoxy groups -OCH3 is 1. The van der Waals surface area contributed by atoms with Crippen LogP contribution in [0.25, 0.3) is 0 Å². The largest absolute Gasteiger partial charge is 0.495 e. The van der Waals surface area contributed by atoms with Crippen LogP contribution in [-0.4, -0.2) is 42.1 Å². The number of fused-ring (bicyclic) bond motifs is 1. The number of hydrogen-bond acceptors (Lipinski definition) is 6. The molecule has 8 heteroatoms. The number of nitrogens with one attached hydrogen (secondary N) is 2. The number of aromatic nitrogens is 2. The van der Waals surface area contributed by atoms with Gasteiger partial charge in [0.15, 0.2) is 0 Å². The summed E-state index contributed by atoms with van der Waals surface area (Å²) in [6.45, 7) is 2.51. The Morgan fingerprint density at radius 1 is 1.18 bits per heavy atom. The molecule has 2 unspecified atom stereocenters. The minimum atomic E-state index is -0.104. The Bertz CT molecular complexity index is 998. The molecule has 1 amide bonds. The molecule has 0 bridgehead atoms. The van der Waals surface area contributed by atoms with Crippen LogP contribution in [0.15, 0.2) is 24.4 Å². The predicted octanol–water partition coefficient (Wildman–Crippen LogP) is 4.66. The number of rotatable bonds is 7. The van der Waals surface area contributed by atoms with Crippen molar-refractivity contribution in [2.45, 2.75) is 57.5 Å². The average molecular weight is 470 g/mol. The van der Waals surface area contributed by atoms with Gasteiger partial charge in [-0.05, 0) is 48.8 Å². The quantitative estimate of drug-likeness (QED) is 0.574. The summed E-state index contributed by atoms with van der Waals surface area (Å²) in [5.74, 6) is 3.37. The highest BCUT2D eigenvalue weighted by molar-refractivity contribution is 6.32. The molecule has 2 saturated carbocycles. The zero-order valence-electron chi connectivity index (χ0n) is 19.1. The summed E-state index contributed by atoms with van der Waals surface area (Å²) in [5, 5.41) is 7.16. The van der Waals surface area contributed by atoms with Gasteiger partial charge >= 0.3 is 0 Å². The standard InChI is InChI=1S/C25H32ClN5O2/c1-33-22-9-8-16(10-21(22)26)12-27-23-20(24(32)29-19-6-4-2-3-5-7-19)13-28-25(30-23)31-14-17-11-18(17)15-31/h8-10,13,17-19H,2-7,11-12,14-15H2,1H3,(H,29,32)(H,27,28,30). The summed E-state index contributed by atoms with van der Waals surface area (Å²) in [4.78, 5) is 24.8. The lowest BCUT2D eigenvalue weighted by Gasteiger charge is -2.21. The summed E-state index contributed by atoms with van der Waals surface area (Å²) >= 11 is 6.29. The lowest BCUT2D eigenvalue weighted by molar-refractivity contribution is 0.0933. The molecule has 1 aromatic carbocycles. The summed E-state index contributed by atoms with van der Waals surface area (Å²) in [7, 11) is 1.60.